The number of aliphatic hydroxyl groups excluding tert-OH is 1. The Morgan fingerprint density at radius 1 is 1.10 bits per heavy atom. The first kappa shape index (κ1) is 15.9. The first-order valence-corrected chi connectivity index (χ1v) is 7.88. The largest absolute Gasteiger partial charge is 0.494 e. The van der Waals surface area contributed by atoms with Gasteiger partial charge in [0.1, 0.15) is 5.75 Å². The molecule has 0 saturated carbocycles. The molecule has 0 aromatic heterocycles. The highest BCUT2D eigenvalue weighted by Gasteiger charge is 2.10. The zero-order valence-electron chi connectivity index (χ0n) is 12.1. The molecule has 1 atom stereocenters. The van der Waals surface area contributed by atoms with Crippen molar-refractivity contribution in [3.8, 4) is 5.75 Å². The molecule has 1 unspecified atom stereocenters. The molecule has 0 aliphatic heterocycles. The summed E-state index contributed by atoms with van der Waals surface area (Å²) < 4.78 is 6.60. The Balaban J connectivity index is 2.04. The molecular weight excluding hydrogens is 330 g/mol. The van der Waals surface area contributed by atoms with Crippen LogP contribution in [0.15, 0.2) is 53.0 Å². The molecule has 3 nitrogen and oxygen atoms in total. The maximum Gasteiger partial charge on any atom is 0.119 e. The van der Waals surface area contributed by atoms with Crippen molar-refractivity contribution in [1.29, 1.82) is 0 Å². The molecule has 0 radical (unpaired) electrons. The van der Waals surface area contributed by atoms with Gasteiger partial charge in [0, 0.05) is 10.2 Å². The Morgan fingerprint density at radius 2 is 1.76 bits per heavy atom. The standard InChI is InChI=1S/C17H20BrNO2/c1-2-11-21-16-9-3-13(4-10-16)17(12-20)19-15-7-5-14(18)6-8-15/h3-10,17,19-20H,2,11-12H2,1H3. The average molecular weight is 350 g/mol. The van der Waals surface area contributed by atoms with Crippen LogP contribution >= 0.6 is 15.9 Å². The lowest BCUT2D eigenvalue weighted by Gasteiger charge is -2.18. The normalized spacial score (nSPS) is 12.0. The van der Waals surface area contributed by atoms with E-state index in [1.165, 1.54) is 0 Å². The number of nitrogens with one attached hydrogen (secondary N) is 1. The van der Waals surface area contributed by atoms with E-state index < -0.39 is 0 Å². The second kappa shape index (κ2) is 8.05. The molecule has 112 valence electrons. The molecule has 0 aliphatic rings. The van der Waals surface area contributed by atoms with Crippen molar-refractivity contribution in [1.82, 2.24) is 0 Å². The molecule has 21 heavy (non-hydrogen) atoms. The first-order valence-electron chi connectivity index (χ1n) is 7.08. The molecule has 2 rings (SSSR count). The lowest BCUT2D eigenvalue weighted by molar-refractivity contribution is 0.276. The van der Waals surface area contributed by atoms with Crippen molar-refractivity contribution in [2.45, 2.75) is 19.4 Å². The molecule has 4 heteroatoms. The fraction of sp³-hybridized carbons (Fsp3) is 0.294. The SMILES string of the molecule is CCCOc1ccc(C(CO)Nc2ccc(Br)cc2)cc1. The topological polar surface area (TPSA) is 41.5 Å². The molecule has 0 spiro atoms. The van der Waals surface area contributed by atoms with E-state index in [2.05, 4.69) is 28.2 Å². The maximum atomic E-state index is 9.60. The Bertz CT molecular complexity index is 540. The first-order chi connectivity index (χ1) is 10.2. The number of hydrogen-bond donors (Lipinski definition) is 2. The molecule has 2 aromatic carbocycles. The quantitative estimate of drug-likeness (QED) is 0.779. The van der Waals surface area contributed by atoms with Gasteiger partial charge in [-0.2, -0.15) is 0 Å². The van der Waals surface area contributed by atoms with Gasteiger partial charge in [0.25, 0.3) is 0 Å². The van der Waals surface area contributed by atoms with Crippen LogP contribution in [-0.2, 0) is 0 Å². The smallest absolute Gasteiger partial charge is 0.119 e. The van der Waals surface area contributed by atoms with Crippen molar-refractivity contribution < 1.29 is 9.84 Å². The summed E-state index contributed by atoms with van der Waals surface area (Å²) in [6, 6.07) is 15.6. The summed E-state index contributed by atoms with van der Waals surface area (Å²) in [4.78, 5) is 0. The van der Waals surface area contributed by atoms with Gasteiger partial charge < -0.3 is 15.2 Å². The van der Waals surface area contributed by atoms with Gasteiger partial charge in [-0.25, -0.2) is 0 Å². The van der Waals surface area contributed by atoms with Crippen molar-refractivity contribution in [3.05, 3.63) is 58.6 Å². The van der Waals surface area contributed by atoms with Gasteiger partial charge in [0.15, 0.2) is 0 Å². The maximum absolute atomic E-state index is 9.60. The van der Waals surface area contributed by atoms with Gasteiger partial charge in [0.05, 0.1) is 19.3 Å². The summed E-state index contributed by atoms with van der Waals surface area (Å²) in [5, 5.41) is 12.9. The summed E-state index contributed by atoms with van der Waals surface area (Å²) in [5.41, 5.74) is 2.01. The minimum absolute atomic E-state index is 0.0330. The van der Waals surface area contributed by atoms with Crippen LogP contribution < -0.4 is 10.1 Å². The fourth-order valence-corrected chi connectivity index (χ4v) is 2.26. The third-order valence-electron chi connectivity index (χ3n) is 3.12. The number of halogens is 1. The minimum atomic E-state index is -0.133. The Kier molecular flexibility index (Phi) is 6.08. The van der Waals surface area contributed by atoms with Crippen molar-refractivity contribution >= 4 is 21.6 Å². The highest BCUT2D eigenvalue weighted by Crippen LogP contribution is 2.23. The summed E-state index contributed by atoms with van der Waals surface area (Å²) in [6.07, 6.45) is 0.992. The molecule has 2 N–H and O–H groups in total. The summed E-state index contributed by atoms with van der Waals surface area (Å²) in [6.45, 7) is 2.84. The van der Waals surface area contributed by atoms with Crippen LogP contribution in [0.2, 0.25) is 0 Å². The van der Waals surface area contributed by atoms with E-state index in [0.29, 0.717) is 0 Å². The van der Waals surface area contributed by atoms with Crippen LogP contribution in [0.5, 0.6) is 5.75 Å². The van der Waals surface area contributed by atoms with E-state index in [0.717, 1.165) is 34.5 Å². The molecule has 0 amide bonds. The number of benzene rings is 2. The lowest BCUT2D eigenvalue weighted by atomic mass is 10.1. The van der Waals surface area contributed by atoms with E-state index in [1.807, 2.05) is 48.5 Å². The van der Waals surface area contributed by atoms with Gasteiger partial charge in [-0.05, 0) is 48.4 Å². The Morgan fingerprint density at radius 3 is 2.33 bits per heavy atom. The van der Waals surface area contributed by atoms with E-state index in [4.69, 9.17) is 4.74 Å². The molecule has 0 saturated heterocycles. The van der Waals surface area contributed by atoms with E-state index >= 15 is 0 Å². The predicted molar refractivity (Wildman–Crippen MR) is 89.8 cm³/mol. The van der Waals surface area contributed by atoms with Crippen LogP contribution in [0.3, 0.4) is 0 Å². The Hall–Kier alpha value is -1.52. The number of hydrogen-bond acceptors (Lipinski definition) is 3. The lowest BCUT2D eigenvalue weighted by Crippen LogP contribution is -2.14. The van der Waals surface area contributed by atoms with Gasteiger partial charge in [-0.1, -0.05) is 35.0 Å². The van der Waals surface area contributed by atoms with Crippen LogP contribution in [-0.4, -0.2) is 18.3 Å². The van der Waals surface area contributed by atoms with E-state index in [1.54, 1.807) is 0 Å². The van der Waals surface area contributed by atoms with Gasteiger partial charge in [-0.15, -0.1) is 0 Å². The molecule has 0 bridgehead atoms. The molecule has 2 aromatic rings. The molecular formula is C17H20BrNO2. The second-order valence-corrected chi connectivity index (χ2v) is 5.72. The number of ether oxygens (including phenoxy) is 1. The van der Waals surface area contributed by atoms with Gasteiger partial charge in [-0.3, -0.25) is 0 Å². The minimum Gasteiger partial charge on any atom is -0.494 e. The highest BCUT2D eigenvalue weighted by molar-refractivity contribution is 9.10. The van der Waals surface area contributed by atoms with Crippen LogP contribution in [0.1, 0.15) is 24.9 Å². The summed E-state index contributed by atoms with van der Waals surface area (Å²) >= 11 is 3.41. The van der Waals surface area contributed by atoms with Crippen LogP contribution in [0.4, 0.5) is 5.69 Å². The molecule has 0 heterocycles. The Labute approximate surface area is 134 Å². The number of anilines is 1. The number of aliphatic hydroxyl groups is 1. The number of rotatable bonds is 7. The van der Waals surface area contributed by atoms with Crippen LogP contribution in [0.25, 0.3) is 0 Å². The van der Waals surface area contributed by atoms with Gasteiger partial charge in [0.2, 0.25) is 0 Å². The fourth-order valence-electron chi connectivity index (χ4n) is 2.00. The van der Waals surface area contributed by atoms with E-state index in [9.17, 15) is 5.11 Å². The zero-order chi connectivity index (χ0) is 15.1. The van der Waals surface area contributed by atoms with Crippen LogP contribution in [0, 0.1) is 0 Å². The third-order valence-corrected chi connectivity index (χ3v) is 3.65. The average Bonchev–Trinajstić information content (AvgIpc) is 2.53. The molecule has 0 aliphatic carbocycles. The van der Waals surface area contributed by atoms with Gasteiger partial charge >= 0.3 is 0 Å². The predicted octanol–water partition coefficient (Wildman–Crippen LogP) is 4.38. The monoisotopic (exact) mass is 349 g/mol. The third kappa shape index (κ3) is 4.76. The summed E-state index contributed by atoms with van der Waals surface area (Å²) in [7, 11) is 0. The second-order valence-electron chi connectivity index (χ2n) is 4.80. The van der Waals surface area contributed by atoms with Crippen molar-refractivity contribution in [2.75, 3.05) is 18.5 Å². The molecule has 0 fully saturated rings. The zero-order valence-corrected chi connectivity index (χ0v) is 13.6. The van der Waals surface area contributed by atoms with E-state index in [-0.39, 0.29) is 12.6 Å². The highest BCUT2D eigenvalue weighted by atomic mass is 79.9. The van der Waals surface area contributed by atoms with Crippen molar-refractivity contribution in [3.63, 3.8) is 0 Å². The van der Waals surface area contributed by atoms with Crippen molar-refractivity contribution in [2.24, 2.45) is 0 Å². The summed E-state index contributed by atoms with van der Waals surface area (Å²) in [5.74, 6) is 0.862.